The van der Waals surface area contributed by atoms with Crippen LogP contribution in [0, 0.1) is 0 Å². The molecule has 51 heavy (non-hydrogen) atoms. The Balaban J connectivity index is 1.05. The van der Waals surface area contributed by atoms with Crippen molar-refractivity contribution in [3.63, 3.8) is 0 Å². The first kappa shape index (κ1) is 28.4. The molecule has 0 radical (unpaired) electrons. The third kappa shape index (κ3) is 4.29. The summed E-state index contributed by atoms with van der Waals surface area (Å²) in [5, 5.41) is 7.70. The number of hydrogen-bond acceptors (Lipinski definition) is 1. The first-order chi connectivity index (χ1) is 25.3. The molecule has 0 spiro atoms. The molecule has 2 nitrogen and oxygen atoms in total. The van der Waals surface area contributed by atoms with Gasteiger partial charge in [0.1, 0.15) is 0 Å². The van der Waals surface area contributed by atoms with E-state index in [0.717, 1.165) is 0 Å². The summed E-state index contributed by atoms with van der Waals surface area (Å²) in [7, 11) is 0. The fourth-order valence-electron chi connectivity index (χ4n) is 8.21. The summed E-state index contributed by atoms with van der Waals surface area (Å²) >= 11 is 1.88. The number of fused-ring (bicyclic) bond motifs is 9. The lowest BCUT2D eigenvalue weighted by molar-refractivity contribution is 1.18. The molecule has 0 saturated heterocycles. The summed E-state index contributed by atoms with van der Waals surface area (Å²) < 4.78 is 7.48. The molecule has 0 aliphatic carbocycles. The number of aromatic nitrogens is 2. The Kier molecular flexibility index (Phi) is 6.16. The summed E-state index contributed by atoms with van der Waals surface area (Å²) in [6.07, 6.45) is 0. The van der Waals surface area contributed by atoms with Gasteiger partial charge in [-0.05, 0) is 89.0 Å². The van der Waals surface area contributed by atoms with Crippen LogP contribution < -0.4 is 0 Å². The second kappa shape index (κ2) is 11.0. The van der Waals surface area contributed by atoms with E-state index >= 15 is 0 Å². The summed E-state index contributed by atoms with van der Waals surface area (Å²) in [4.78, 5) is 0. The summed E-state index contributed by atoms with van der Waals surface area (Å²) in [5.41, 5.74) is 12.2. The zero-order valence-corrected chi connectivity index (χ0v) is 28.4. The molecule has 238 valence electrons. The summed E-state index contributed by atoms with van der Waals surface area (Å²) in [6, 6.07) is 66.6. The molecule has 3 heteroatoms. The molecule has 0 aliphatic rings. The highest BCUT2D eigenvalue weighted by atomic mass is 32.1. The van der Waals surface area contributed by atoms with Gasteiger partial charge in [-0.3, -0.25) is 0 Å². The second-order valence-electron chi connectivity index (χ2n) is 13.3. The van der Waals surface area contributed by atoms with Crippen LogP contribution in [0.1, 0.15) is 0 Å². The van der Waals surface area contributed by atoms with Crippen LogP contribution in [0.5, 0.6) is 0 Å². The number of thiophene rings is 1. The molecule has 0 unspecified atom stereocenters. The van der Waals surface area contributed by atoms with Crippen molar-refractivity contribution in [1.82, 2.24) is 9.13 Å². The second-order valence-corrected chi connectivity index (χ2v) is 14.4. The first-order valence-corrected chi connectivity index (χ1v) is 18.3. The predicted octanol–water partition coefficient (Wildman–Crippen LogP) is 13.6. The quantitative estimate of drug-likeness (QED) is 0.177. The predicted molar refractivity (Wildman–Crippen MR) is 219 cm³/mol. The maximum atomic E-state index is 2.46. The normalized spacial score (nSPS) is 11.9. The molecule has 3 heterocycles. The Morgan fingerprint density at radius 1 is 0.314 bits per heavy atom. The molecule has 0 aliphatic heterocycles. The van der Waals surface area contributed by atoms with Crippen LogP contribution in [0.3, 0.4) is 0 Å². The fourth-order valence-corrected chi connectivity index (χ4v) is 9.41. The van der Waals surface area contributed by atoms with E-state index in [1.54, 1.807) is 0 Å². The van der Waals surface area contributed by atoms with Crippen molar-refractivity contribution in [3.8, 4) is 33.6 Å². The van der Waals surface area contributed by atoms with Crippen LogP contribution in [0.15, 0.2) is 182 Å². The first-order valence-electron chi connectivity index (χ1n) is 17.4. The molecule has 0 fully saturated rings. The van der Waals surface area contributed by atoms with Crippen molar-refractivity contribution < 1.29 is 0 Å². The number of rotatable bonds is 4. The van der Waals surface area contributed by atoms with E-state index in [-0.39, 0.29) is 0 Å². The Morgan fingerprint density at radius 3 is 1.53 bits per heavy atom. The van der Waals surface area contributed by atoms with Crippen molar-refractivity contribution >= 4 is 75.1 Å². The number of nitrogens with zero attached hydrogens (tertiary/aromatic N) is 2. The topological polar surface area (TPSA) is 9.86 Å². The third-order valence-electron chi connectivity index (χ3n) is 10.5. The van der Waals surface area contributed by atoms with Crippen LogP contribution in [0.25, 0.3) is 97.4 Å². The highest BCUT2D eigenvalue weighted by molar-refractivity contribution is 7.26. The standard InChI is InChI=1S/C48H30N2S/c1-2-14-35(15-3-1)49-42-20-7-4-16-36(42)40-29-33(24-26-44(40)49)31-12-10-13-32(28-31)34-25-27-45-41(30-34)37-17-5-8-21-43(37)50(45)46-22-11-19-39-38-18-6-9-23-47(38)51-48(39)46/h1-30H. The fraction of sp³-hybridized carbons (Fsp3) is 0. The maximum Gasteiger partial charge on any atom is 0.0640 e. The lowest BCUT2D eigenvalue weighted by atomic mass is 9.97. The molecule has 11 rings (SSSR count). The highest BCUT2D eigenvalue weighted by Gasteiger charge is 2.18. The molecule has 0 atom stereocenters. The molecule has 0 N–H and O–H groups in total. The van der Waals surface area contributed by atoms with Crippen molar-refractivity contribution in [1.29, 1.82) is 0 Å². The monoisotopic (exact) mass is 666 g/mol. The Bertz CT molecular complexity index is 3140. The van der Waals surface area contributed by atoms with Gasteiger partial charge in [-0.15, -0.1) is 11.3 Å². The molecule has 0 saturated carbocycles. The van der Waals surface area contributed by atoms with Crippen molar-refractivity contribution in [2.45, 2.75) is 0 Å². The van der Waals surface area contributed by atoms with Crippen molar-refractivity contribution in [2.24, 2.45) is 0 Å². The van der Waals surface area contributed by atoms with Crippen LogP contribution in [-0.4, -0.2) is 9.13 Å². The minimum atomic E-state index is 1.18. The van der Waals surface area contributed by atoms with Crippen LogP contribution in [-0.2, 0) is 0 Å². The minimum absolute atomic E-state index is 1.18. The number of benzene rings is 8. The van der Waals surface area contributed by atoms with Gasteiger partial charge >= 0.3 is 0 Å². The van der Waals surface area contributed by atoms with E-state index in [2.05, 4.69) is 191 Å². The zero-order chi connectivity index (χ0) is 33.5. The van der Waals surface area contributed by atoms with Gasteiger partial charge in [0.15, 0.2) is 0 Å². The van der Waals surface area contributed by atoms with E-state index in [0.29, 0.717) is 0 Å². The van der Waals surface area contributed by atoms with Gasteiger partial charge in [0.2, 0.25) is 0 Å². The van der Waals surface area contributed by atoms with Crippen LogP contribution >= 0.6 is 11.3 Å². The lowest BCUT2D eigenvalue weighted by Gasteiger charge is -2.10. The molecule has 0 amide bonds. The number of hydrogen-bond donors (Lipinski definition) is 0. The third-order valence-corrected chi connectivity index (χ3v) is 11.7. The maximum absolute atomic E-state index is 2.46. The van der Waals surface area contributed by atoms with Gasteiger partial charge in [-0.25, -0.2) is 0 Å². The van der Waals surface area contributed by atoms with Gasteiger partial charge in [0.25, 0.3) is 0 Å². The van der Waals surface area contributed by atoms with Gasteiger partial charge in [-0.1, -0.05) is 115 Å². The summed E-state index contributed by atoms with van der Waals surface area (Å²) in [5.74, 6) is 0. The molecule has 3 aromatic heterocycles. The van der Waals surface area contributed by atoms with Gasteiger partial charge in [-0.2, -0.15) is 0 Å². The van der Waals surface area contributed by atoms with Gasteiger partial charge in [0, 0.05) is 42.7 Å². The Hall–Kier alpha value is -6.42. The Morgan fingerprint density at radius 2 is 0.824 bits per heavy atom. The van der Waals surface area contributed by atoms with E-state index in [1.165, 1.54) is 97.4 Å². The molecular formula is C48H30N2S. The average molecular weight is 667 g/mol. The zero-order valence-electron chi connectivity index (χ0n) is 27.6. The molecule has 0 bridgehead atoms. The molecule has 8 aromatic carbocycles. The summed E-state index contributed by atoms with van der Waals surface area (Å²) in [6.45, 7) is 0. The van der Waals surface area contributed by atoms with Crippen LogP contribution in [0.2, 0.25) is 0 Å². The average Bonchev–Trinajstić information content (AvgIpc) is 3.86. The Labute approximate surface area is 298 Å². The SMILES string of the molecule is c1ccc(-n2c3ccccc3c3cc(-c4cccc(-c5ccc6c(c5)c5ccccc5n6-c5cccc6c5sc5ccccc56)c4)ccc32)cc1. The van der Waals surface area contributed by atoms with E-state index in [1.807, 2.05) is 11.3 Å². The van der Waals surface area contributed by atoms with E-state index < -0.39 is 0 Å². The number of para-hydroxylation sites is 3. The minimum Gasteiger partial charge on any atom is -0.309 e. The van der Waals surface area contributed by atoms with Crippen molar-refractivity contribution in [3.05, 3.63) is 182 Å². The largest absolute Gasteiger partial charge is 0.309 e. The van der Waals surface area contributed by atoms with Crippen molar-refractivity contribution in [2.75, 3.05) is 0 Å². The molecule has 11 aromatic rings. The highest BCUT2D eigenvalue weighted by Crippen LogP contribution is 2.42. The smallest absolute Gasteiger partial charge is 0.0640 e. The van der Waals surface area contributed by atoms with Gasteiger partial charge in [0.05, 0.1) is 32.5 Å². The molecular weight excluding hydrogens is 637 g/mol. The van der Waals surface area contributed by atoms with E-state index in [4.69, 9.17) is 0 Å². The van der Waals surface area contributed by atoms with Gasteiger partial charge < -0.3 is 9.13 Å². The lowest BCUT2D eigenvalue weighted by Crippen LogP contribution is -1.93. The van der Waals surface area contributed by atoms with E-state index in [9.17, 15) is 0 Å². The van der Waals surface area contributed by atoms with Crippen LogP contribution in [0.4, 0.5) is 0 Å².